The molecule has 2 heterocycles. The lowest BCUT2D eigenvalue weighted by molar-refractivity contribution is 0.241. The topological polar surface area (TPSA) is 34.8 Å². The fourth-order valence-electron chi connectivity index (χ4n) is 18.0. The van der Waals surface area contributed by atoms with Gasteiger partial charge in [0.05, 0.1) is 22.1 Å². The molecular weight excluding hydrogens is 1480 g/mol. The maximum atomic E-state index is 13.7. The van der Waals surface area contributed by atoms with E-state index in [2.05, 4.69) is 338 Å². The lowest BCUT2D eigenvalue weighted by atomic mass is 9.82. The van der Waals surface area contributed by atoms with Gasteiger partial charge in [-0.25, -0.2) is 0 Å². The van der Waals surface area contributed by atoms with Gasteiger partial charge in [-0.1, -0.05) is 222 Å². The second-order valence-corrected chi connectivity index (χ2v) is 31.2. The van der Waals surface area contributed by atoms with Gasteiger partial charge in [-0.3, -0.25) is 0 Å². The number of para-hydroxylation sites is 2. The predicted octanol–water partition coefficient (Wildman–Crippen LogP) is 30.6. The van der Waals surface area contributed by atoms with E-state index in [1.54, 1.807) is 24.3 Å². The molecule has 0 amide bonds. The van der Waals surface area contributed by atoms with E-state index in [0.717, 1.165) is 145 Å². The molecular formula is C106H72F6N4O2. The van der Waals surface area contributed by atoms with Crippen LogP contribution in [0.5, 0.6) is 11.5 Å². The first-order chi connectivity index (χ1) is 57.4. The Morgan fingerprint density at radius 1 is 0.237 bits per heavy atom. The van der Waals surface area contributed by atoms with Crippen LogP contribution in [0.2, 0.25) is 0 Å². The molecule has 18 aromatic rings. The van der Waals surface area contributed by atoms with Crippen LogP contribution in [-0.4, -0.2) is 9.13 Å². The van der Waals surface area contributed by atoms with Crippen LogP contribution in [0.25, 0.3) is 133 Å². The van der Waals surface area contributed by atoms with Crippen molar-refractivity contribution >= 4 is 77.7 Å². The summed E-state index contributed by atoms with van der Waals surface area (Å²) < 4.78 is 93.3. The minimum absolute atomic E-state index is 0.0330. The lowest BCUT2D eigenvalue weighted by Gasteiger charge is -2.28. The van der Waals surface area contributed by atoms with Gasteiger partial charge < -0.3 is 28.4 Å². The van der Waals surface area contributed by atoms with E-state index in [0.29, 0.717) is 0 Å². The van der Waals surface area contributed by atoms with Crippen LogP contribution in [0.4, 0.5) is 60.5 Å². The van der Waals surface area contributed by atoms with Crippen LogP contribution < -0.4 is 19.3 Å². The number of aromatic nitrogens is 2. The van der Waals surface area contributed by atoms with E-state index in [9.17, 15) is 26.3 Å². The number of anilines is 6. The molecule has 0 radical (unpaired) electrons. The van der Waals surface area contributed by atoms with Crippen molar-refractivity contribution in [3.05, 3.63) is 410 Å². The van der Waals surface area contributed by atoms with Gasteiger partial charge in [0.15, 0.2) is 0 Å². The summed E-state index contributed by atoms with van der Waals surface area (Å²) in [7, 11) is 0. The van der Waals surface area contributed by atoms with Gasteiger partial charge >= 0.3 is 24.2 Å². The largest absolute Gasteiger partial charge is 0.428 e. The fourth-order valence-corrected chi connectivity index (χ4v) is 18.0. The van der Waals surface area contributed by atoms with E-state index in [1.165, 1.54) is 68.8 Å². The van der Waals surface area contributed by atoms with Gasteiger partial charge in [0.25, 0.3) is 0 Å². The van der Waals surface area contributed by atoms with E-state index in [4.69, 9.17) is 9.47 Å². The number of fused-ring (bicyclic) bond motifs is 12. The maximum absolute atomic E-state index is 13.7. The number of halogens is 6. The zero-order chi connectivity index (χ0) is 80.2. The van der Waals surface area contributed by atoms with Crippen molar-refractivity contribution in [1.29, 1.82) is 0 Å². The van der Waals surface area contributed by atoms with Crippen LogP contribution in [0, 0.1) is 0 Å². The van der Waals surface area contributed by atoms with Crippen molar-refractivity contribution < 1.29 is 35.8 Å². The average Bonchev–Trinajstić information content (AvgIpc) is 1.59. The minimum Gasteiger partial charge on any atom is -0.428 e. The summed E-state index contributed by atoms with van der Waals surface area (Å²) in [4.78, 5) is 4.57. The quantitative estimate of drug-likeness (QED) is 0.0672. The Morgan fingerprint density at radius 2 is 0.483 bits per heavy atom. The molecule has 0 saturated carbocycles. The van der Waals surface area contributed by atoms with Crippen LogP contribution in [0.3, 0.4) is 0 Å². The van der Waals surface area contributed by atoms with Crippen molar-refractivity contribution in [2.45, 2.75) is 38.5 Å². The highest BCUT2D eigenvalue weighted by Crippen LogP contribution is 2.54. The molecule has 0 unspecified atom stereocenters. The zero-order valence-electron chi connectivity index (χ0n) is 64.5. The normalized spacial score (nSPS) is 12.8. The lowest BCUT2D eigenvalue weighted by Crippen LogP contribution is -2.16. The van der Waals surface area contributed by atoms with Gasteiger partial charge in [0.2, 0.25) is 0 Å². The molecule has 0 bridgehead atoms. The predicted molar refractivity (Wildman–Crippen MR) is 469 cm³/mol. The molecule has 2 aromatic heterocycles. The Bertz CT molecular complexity index is 6640. The van der Waals surface area contributed by atoms with E-state index >= 15 is 0 Å². The second-order valence-electron chi connectivity index (χ2n) is 31.2. The van der Waals surface area contributed by atoms with Crippen LogP contribution in [0.1, 0.15) is 49.9 Å². The molecule has 6 nitrogen and oxygen atoms in total. The first kappa shape index (κ1) is 72.4. The van der Waals surface area contributed by atoms with Gasteiger partial charge in [-0.05, 0) is 270 Å². The van der Waals surface area contributed by atoms with Gasteiger partial charge in [-0.15, -0.1) is 0 Å². The van der Waals surface area contributed by atoms with Crippen molar-refractivity contribution in [3.8, 4) is 101 Å². The summed E-state index contributed by atoms with van der Waals surface area (Å²) in [5, 5.41) is 4.48. The Hall–Kier alpha value is -14.6. The van der Waals surface area contributed by atoms with Gasteiger partial charge in [-0.2, -0.15) is 26.3 Å². The molecule has 0 fully saturated rings. The van der Waals surface area contributed by atoms with Crippen LogP contribution in [-0.2, 0) is 10.8 Å². The highest BCUT2D eigenvalue weighted by atomic mass is 19.3. The SMILES string of the molecule is CC1(C)c2ccccc2-c2ccc(N(c3ccc(-c4ccc(OC(F)=C(F)F)cc4)cc3)c3ccc(-c4ccc5c(c4)c4cc(-c6ccc7c(c6)c6cc(-c8ccc(N(c9ccc(-c%10ccc(OC(F)=C(F)F)cc%10)cc9)c9ccc%10c(c9)C(C)(C)c9ccccc9-%10)cc8)ccc6n7-c6ccccc6)ccc4n5-c4ccccc4)cc3)cc21. The first-order valence-electron chi connectivity index (χ1n) is 39.2. The van der Waals surface area contributed by atoms with E-state index in [-0.39, 0.29) is 22.3 Å². The third-order valence-electron chi connectivity index (χ3n) is 23.8. The summed E-state index contributed by atoms with van der Waals surface area (Å²) in [5.74, 6) is -0.0659. The summed E-state index contributed by atoms with van der Waals surface area (Å²) in [5.41, 5.74) is 31.6. The van der Waals surface area contributed by atoms with E-state index < -0.39 is 24.2 Å². The third-order valence-corrected chi connectivity index (χ3v) is 23.8. The molecule has 570 valence electrons. The summed E-state index contributed by atoms with van der Waals surface area (Å²) in [6, 6.07) is 122. The molecule has 0 saturated heterocycles. The summed E-state index contributed by atoms with van der Waals surface area (Å²) in [6.45, 7) is 9.16. The number of hydrogen-bond donors (Lipinski definition) is 0. The Balaban J connectivity index is 0.653. The molecule has 0 atom stereocenters. The molecule has 0 N–H and O–H groups in total. The van der Waals surface area contributed by atoms with Crippen LogP contribution in [0.15, 0.2) is 388 Å². The smallest absolute Gasteiger partial charge is 0.344 e. The second kappa shape index (κ2) is 28.7. The van der Waals surface area contributed by atoms with Crippen molar-refractivity contribution in [1.82, 2.24) is 9.13 Å². The number of nitrogens with zero attached hydrogens (tertiary/aromatic N) is 4. The number of ether oxygens (including phenoxy) is 2. The number of rotatable bonds is 17. The Kier molecular flexibility index (Phi) is 17.6. The monoisotopic (exact) mass is 1550 g/mol. The third kappa shape index (κ3) is 12.5. The highest BCUT2D eigenvalue weighted by Gasteiger charge is 2.38. The number of benzene rings is 16. The fraction of sp³-hybridized carbons (Fsp3) is 0.0566. The average molecular weight is 1550 g/mol. The molecule has 0 spiro atoms. The zero-order valence-corrected chi connectivity index (χ0v) is 64.5. The Morgan fingerprint density at radius 3 is 0.788 bits per heavy atom. The first-order valence-corrected chi connectivity index (χ1v) is 39.2. The van der Waals surface area contributed by atoms with Crippen molar-refractivity contribution in [2.75, 3.05) is 9.80 Å². The number of hydrogen-bond acceptors (Lipinski definition) is 4. The summed E-state index contributed by atoms with van der Waals surface area (Å²) in [6.07, 6.45) is -5.03. The van der Waals surface area contributed by atoms with Gasteiger partial charge in [0, 0.05) is 77.9 Å². The maximum Gasteiger partial charge on any atom is 0.344 e. The molecule has 20 rings (SSSR count). The molecule has 0 aliphatic heterocycles. The highest BCUT2D eigenvalue weighted by molar-refractivity contribution is 6.14. The molecule has 12 heteroatoms. The molecule has 2 aliphatic rings. The van der Waals surface area contributed by atoms with Crippen LogP contribution >= 0.6 is 0 Å². The van der Waals surface area contributed by atoms with E-state index in [1.807, 2.05) is 24.3 Å². The molecule has 2 aliphatic carbocycles. The molecule has 16 aromatic carbocycles. The van der Waals surface area contributed by atoms with Gasteiger partial charge in [0.1, 0.15) is 11.5 Å². The Labute approximate surface area is 678 Å². The molecule has 118 heavy (non-hydrogen) atoms. The van der Waals surface area contributed by atoms with Crippen molar-refractivity contribution in [2.24, 2.45) is 0 Å². The standard InChI is InChI=1S/C106H72F6N4O2/c1-105(2)93-21-13-11-19-85(93)87-53-47-81(63-95(87)105)113(77-39-23-65(24-40-77)67-31-49-83(50-32-67)117-103(111)101(107)108)79-43-27-69(28-44-79)71-35-55-97-89(59-71)91-61-73(37-57-99(91)115(97)75-15-7-5-8-16-75)74-38-58-100-92(62-74)90-60-72(36-56-98(90)116(100)76-17-9-6-10-18-76)70-29-45-80(46-30-70)114(82-48-54-88-86-20-12-14-22-94(86)106(3,4)96(88)64-82)78-41-25-66(26-42-78)68-33-51-84(52-34-68)118-104(112)102(109)110/h5-64H,1-4H3. The minimum atomic E-state index is -2.52. The van der Waals surface area contributed by atoms with Crippen molar-refractivity contribution in [3.63, 3.8) is 0 Å². The summed E-state index contributed by atoms with van der Waals surface area (Å²) >= 11 is 0.